The average Bonchev–Trinajstić information content (AvgIpc) is 3.25. The molecule has 1 amide bonds. The average molecular weight is 451 g/mol. The number of aryl methyl sites for hydroxylation is 1. The van der Waals surface area contributed by atoms with E-state index in [1.807, 2.05) is 45.6 Å². The molecule has 0 aromatic carbocycles. The Labute approximate surface area is 194 Å². The third-order valence-electron chi connectivity index (χ3n) is 6.40. The zero-order valence-corrected chi connectivity index (χ0v) is 18.3. The highest BCUT2D eigenvalue weighted by Crippen LogP contribution is 2.39. The van der Waals surface area contributed by atoms with Gasteiger partial charge in [-0.05, 0) is 43.5 Å². The standard InChI is InChI=1S/C24H21N9O/c34-24(28-19-5-1-4-16(26-19)23-30-29-21-7-3-11-32(21)23)18-13-33-20(27-18)6-2-8-22(33)31-12-17(25-14-31)15-9-10-15/h1-2,4-6,8,12-15H,3,7,9-11H2,(H,26,28,34). The second kappa shape index (κ2) is 7.34. The van der Waals surface area contributed by atoms with Crippen molar-refractivity contribution in [3.63, 3.8) is 0 Å². The second-order valence-corrected chi connectivity index (χ2v) is 8.78. The molecule has 10 heteroatoms. The van der Waals surface area contributed by atoms with Crippen LogP contribution in [0.25, 0.3) is 23.0 Å². The highest BCUT2D eigenvalue weighted by Gasteiger charge is 2.26. The van der Waals surface area contributed by atoms with Gasteiger partial charge in [0.15, 0.2) is 5.82 Å². The van der Waals surface area contributed by atoms with E-state index in [1.165, 1.54) is 12.8 Å². The molecule has 168 valence electrons. The van der Waals surface area contributed by atoms with Crippen molar-refractivity contribution in [2.24, 2.45) is 0 Å². The molecule has 7 rings (SSSR count). The lowest BCUT2D eigenvalue weighted by Gasteiger charge is -2.06. The minimum atomic E-state index is -0.324. The van der Waals surface area contributed by atoms with Crippen molar-refractivity contribution in [2.75, 3.05) is 5.32 Å². The molecular weight excluding hydrogens is 430 g/mol. The number of carbonyl (C=O) groups is 1. The SMILES string of the molecule is O=C(Nc1cccc(-c2nnc3n2CCC3)n1)c1cn2c(-n3cnc(C4CC4)c3)cccc2n1. The molecule has 0 bridgehead atoms. The Morgan fingerprint density at radius 3 is 2.85 bits per heavy atom. The van der Waals surface area contributed by atoms with Crippen LogP contribution < -0.4 is 5.32 Å². The summed E-state index contributed by atoms with van der Waals surface area (Å²) in [7, 11) is 0. The minimum absolute atomic E-state index is 0.311. The van der Waals surface area contributed by atoms with Gasteiger partial charge >= 0.3 is 0 Å². The summed E-state index contributed by atoms with van der Waals surface area (Å²) in [6, 6.07) is 11.3. The molecule has 10 nitrogen and oxygen atoms in total. The molecule has 0 radical (unpaired) electrons. The lowest BCUT2D eigenvalue weighted by molar-refractivity contribution is 0.102. The minimum Gasteiger partial charge on any atom is -0.310 e. The van der Waals surface area contributed by atoms with Crippen molar-refractivity contribution in [1.29, 1.82) is 0 Å². The van der Waals surface area contributed by atoms with Gasteiger partial charge in [-0.2, -0.15) is 0 Å². The van der Waals surface area contributed by atoms with Gasteiger partial charge in [0, 0.05) is 31.3 Å². The second-order valence-electron chi connectivity index (χ2n) is 8.78. The van der Waals surface area contributed by atoms with Crippen LogP contribution in [0.15, 0.2) is 55.1 Å². The zero-order valence-electron chi connectivity index (χ0n) is 18.3. The Balaban J connectivity index is 1.17. The fourth-order valence-corrected chi connectivity index (χ4v) is 4.52. The number of nitrogens with zero attached hydrogens (tertiary/aromatic N) is 8. The van der Waals surface area contributed by atoms with Crippen molar-refractivity contribution in [3.05, 3.63) is 72.3 Å². The van der Waals surface area contributed by atoms with E-state index >= 15 is 0 Å². The van der Waals surface area contributed by atoms with Crippen LogP contribution in [-0.4, -0.2) is 44.6 Å². The Kier molecular flexibility index (Phi) is 4.14. The molecule has 1 aliphatic heterocycles. The molecule has 1 N–H and O–H groups in total. The number of aromatic nitrogens is 8. The summed E-state index contributed by atoms with van der Waals surface area (Å²) < 4.78 is 5.96. The highest BCUT2D eigenvalue weighted by atomic mass is 16.2. The molecule has 1 fully saturated rings. The van der Waals surface area contributed by atoms with Crippen LogP contribution in [-0.2, 0) is 13.0 Å². The summed E-state index contributed by atoms with van der Waals surface area (Å²) in [6.07, 6.45) is 10.0. The van der Waals surface area contributed by atoms with Crippen LogP contribution in [0.3, 0.4) is 0 Å². The van der Waals surface area contributed by atoms with Crippen LogP contribution in [0.1, 0.15) is 47.2 Å². The molecule has 0 spiro atoms. The first-order chi connectivity index (χ1) is 16.7. The van der Waals surface area contributed by atoms with E-state index < -0.39 is 0 Å². The van der Waals surface area contributed by atoms with Gasteiger partial charge in [0.05, 0.1) is 5.69 Å². The van der Waals surface area contributed by atoms with E-state index in [9.17, 15) is 4.79 Å². The Bertz CT molecular complexity index is 1560. The molecule has 5 aromatic heterocycles. The maximum atomic E-state index is 13.0. The predicted octanol–water partition coefficient (Wildman–Crippen LogP) is 3.25. The van der Waals surface area contributed by atoms with Gasteiger partial charge in [0.25, 0.3) is 5.91 Å². The van der Waals surface area contributed by atoms with Gasteiger partial charge in [0.2, 0.25) is 0 Å². The number of nitrogens with one attached hydrogen (secondary N) is 1. The number of pyridine rings is 2. The van der Waals surface area contributed by atoms with Crippen molar-refractivity contribution < 1.29 is 4.79 Å². The van der Waals surface area contributed by atoms with E-state index in [0.717, 1.165) is 42.5 Å². The van der Waals surface area contributed by atoms with Gasteiger partial charge in [0.1, 0.15) is 40.8 Å². The highest BCUT2D eigenvalue weighted by molar-refractivity contribution is 6.02. The fraction of sp³-hybridized carbons (Fsp3) is 0.250. The molecule has 1 aliphatic carbocycles. The van der Waals surface area contributed by atoms with Gasteiger partial charge in [-0.3, -0.25) is 13.8 Å². The van der Waals surface area contributed by atoms with E-state index in [4.69, 9.17) is 0 Å². The lowest BCUT2D eigenvalue weighted by Crippen LogP contribution is -2.13. The molecule has 5 aromatic rings. The summed E-state index contributed by atoms with van der Waals surface area (Å²) in [5.74, 6) is 3.28. The molecular formula is C24H21N9O. The largest absolute Gasteiger partial charge is 0.310 e. The number of hydrogen-bond donors (Lipinski definition) is 1. The molecule has 1 saturated carbocycles. The van der Waals surface area contributed by atoms with Crippen LogP contribution in [0, 0.1) is 0 Å². The fourth-order valence-electron chi connectivity index (χ4n) is 4.52. The number of rotatable bonds is 5. The number of amides is 1. The van der Waals surface area contributed by atoms with E-state index in [-0.39, 0.29) is 5.91 Å². The lowest BCUT2D eigenvalue weighted by atomic mass is 10.3. The molecule has 0 saturated heterocycles. The monoisotopic (exact) mass is 451 g/mol. The zero-order chi connectivity index (χ0) is 22.6. The maximum Gasteiger partial charge on any atom is 0.277 e. The van der Waals surface area contributed by atoms with E-state index in [0.29, 0.717) is 28.8 Å². The summed E-state index contributed by atoms with van der Waals surface area (Å²) >= 11 is 0. The molecule has 0 unspecified atom stereocenters. The van der Waals surface area contributed by atoms with E-state index in [2.05, 4.69) is 41.2 Å². The number of hydrogen-bond acceptors (Lipinski definition) is 6. The van der Waals surface area contributed by atoms with Crippen molar-refractivity contribution >= 4 is 17.4 Å². The summed E-state index contributed by atoms with van der Waals surface area (Å²) in [6.45, 7) is 0.887. The number of anilines is 1. The number of fused-ring (bicyclic) bond motifs is 2. The normalized spacial score (nSPS) is 15.1. The summed E-state index contributed by atoms with van der Waals surface area (Å²) in [5, 5.41) is 11.4. The topological polar surface area (TPSA) is 108 Å². The molecule has 6 heterocycles. The first kappa shape index (κ1) is 19.2. The van der Waals surface area contributed by atoms with Gasteiger partial charge in [-0.25, -0.2) is 15.0 Å². The smallest absolute Gasteiger partial charge is 0.277 e. The number of imidazole rings is 2. The molecule has 0 atom stereocenters. The predicted molar refractivity (Wildman–Crippen MR) is 124 cm³/mol. The van der Waals surface area contributed by atoms with Crippen molar-refractivity contribution in [1.82, 2.24) is 38.7 Å². The van der Waals surface area contributed by atoms with Crippen molar-refractivity contribution in [3.8, 4) is 17.3 Å². The molecule has 34 heavy (non-hydrogen) atoms. The summed E-state index contributed by atoms with van der Waals surface area (Å²) in [5.41, 5.74) is 2.79. The van der Waals surface area contributed by atoms with E-state index in [1.54, 1.807) is 12.3 Å². The molecule has 2 aliphatic rings. The van der Waals surface area contributed by atoms with Gasteiger partial charge in [-0.15, -0.1) is 10.2 Å². The third kappa shape index (κ3) is 3.18. The first-order valence-corrected chi connectivity index (χ1v) is 11.5. The number of carbonyl (C=O) groups excluding carboxylic acids is 1. The van der Waals surface area contributed by atoms with Gasteiger partial charge < -0.3 is 9.88 Å². The van der Waals surface area contributed by atoms with Gasteiger partial charge in [-0.1, -0.05) is 12.1 Å². The Hall–Kier alpha value is -4.34. The Morgan fingerprint density at radius 1 is 1.03 bits per heavy atom. The first-order valence-electron chi connectivity index (χ1n) is 11.5. The Morgan fingerprint density at radius 2 is 1.94 bits per heavy atom. The van der Waals surface area contributed by atoms with Crippen molar-refractivity contribution in [2.45, 2.75) is 38.1 Å². The maximum absolute atomic E-state index is 13.0. The summed E-state index contributed by atoms with van der Waals surface area (Å²) in [4.78, 5) is 26.7. The van der Waals surface area contributed by atoms with Crippen LogP contribution >= 0.6 is 0 Å². The quantitative estimate of drug-likeness (QED) is 0.440. The third-order valence-corrected chi connectivity index (χ3v) is 6.40. The van der Waals surface area contributed by atoms with Crippen LogP contribution in [0.4, 0.5) is 5.82 Å². The van der Waals surface area contributed by atoms with Crippen LogP contribution in [0.2, 0.25) is 0 Å². The van der Waals surface area contributed by atoms with Crippen LogP contribution in [0.5, 0.6) is 0 Å².